The van der Waals surface area contributed by atoms with Crippen LogP contribution in [0.25, 0.3) is 0 Å². The predicted octanol–water partition coefficient (Wildman–Crippen LogP) is 5.90. The highest BCUT2D eigenvalue weighted by Crippen LogP contribution is 2.23. The maximum atomic E-state index is 13.2. The normalized spacial score (nSPS) is 13.3. The van der Waals surface area contributed by atoms with E-state index >= 15 is 0 Å². The van der Waals surface area contributed by atoms with E-state index in [2.05, 4.69) is 50.4 Å². The number of benzene rings is 2. The number of amides is 2. The van der Waals surface area contributed by atoms with Crippen molar-refractivity contribution in [2.75, 3.05) is 0 Å². The van der Waals surface area contributed by atoms with Crippen molar-refractivity contribution in [3.8, 4) is 0 Å². The molecule has 1 N–H and O–H groups in total. The summed E-state index contributed by atoms with van der Waals surface area (Å²) in [7, 11) is 0. The lowest BCUT2D eigenvalue weighted by Crippen LogP contribution is -2.49. The molecule has 0 aliphatic carbocycles. The molecule has 32 heavy (non-hydrogen) atoms. The molecule has 0 heterocycles. The molecule has 2 aromatic rings. The van der Waals surface area contributed by atoms with Gasteiger partial charge in [0.25, 0.3) is 0 Å². The average Bonchev–Trinajstić information content (AvgIpc) is 2.75. The number of hydrogen-bond donors (Lipinski definition) is 1. The molecule has 0 aliphatic heterocycles. The fourth-order valence-corrected chi connectivity index (χ4v) is 3.66. The van der Waals surface area contributed by atoms with E-state index in [9.17, 15) is 9.59 Å². The summed E-state index contributed by atoms with van der Waals surface area (Å²) in [5.41, 5.74) is 3.39. The number of hydrogen-bond acceptors (Lipinski definition) is 2. The zero-order valence-electron chi connectivity index (χ0n) is 20.2. The maximum absolute atomic E-state index is 13.2. The lowest BCUT2D eigenvalue weighted by molar-refractivity contribution is -0.140. The van der Waals surface area contributed by atoms with Gasteiger partial charge in [-0.1, -0.05) is 75.7 Å². The molecule has 0 fully saturated rings. The van der Waals surface area contributed by atoms with Crippen molar-refractivity contribution in [2.24, 2.45) is 0 Å². The highest BCUT2D eigenvalue weighted by atomic mass is 35.5. The zero-order valence-corrected chi connectivity index (χ0v) is 21.0. The van der Waals surface area contributed by atoms with Crippen LogP contribution in [0.3, 0.4) is 0 Å². The Bertz CT molecular complexity index is 903. The Morgan fingerprint density at radius 3 is 2.25 bits per heavy atom. The molecule has 2 aromatic carbocycles. The molecule has 0 bridgehead atoms. The van der Waals surface area contributed by atoms with Crippen LogP contribution in [0.4, 0.5) is 0 Å². The Balaban J connectivity index is 2.14. The van der Waals surface area contributed by atoms with Gasteiger partial charge in [-0.05, 0) is 60.9 Å². The molecule has 0 spiro atoms. The zero-order chi connectivity index (χ0) is 23.9. The standard InChI is InChI=1S/C27H37ClN2O2/c1-7-19(2)29-26(32)20(3)30(18-22-9-8-10-24(28)17-22)25(31)16-13-21-11-14-23(15-12-21)27(4,5)6/h8-12,14-15,17,19-20H,7,13,16,18H2,1-6H3,(H,29,32)/t19-,20-/m1/s1. The number of aryl methyl sites for hydroxylation is 1. The minimum Gasteiger partial charge on any atom is -0.352 e. The van der Waals surface area contributed by atoms with Gasteiger partial charge in [-0.2, -0.15) is 0 Å². The Labute approximate surface area is 198 Å². The van der Waals surface area contributed by atoms with Crippen LogP contribution < -0.4 is 5.32 Å². The summed E-state index contributed by atoms with van der Waals surface area (Å²) < 4.78 is 0. The van der Waals surface area contributed by atoms with Gasteiger partial charge in [0, 0.05) is 24.0 Å². The summed E-state index contributed by atoms with van der Waals surface area (Å²) in [5, 5.41) is 3.61. The molecule has 174 valence electrons. The van der Waals surface area contributed by atoms with Crippen LogP contribution >= 0.6 is 11.6 Å². The molecule has 2 rings (SSSR count). The molecule has 4 nitrogen and oxygen atoms in total. The van der Waals surface area contributed by atoms with E-state index < -0.39 is 6.04 Å². The van der Waals surface area contributed by atoms with Gasteiger partial charge in [0.05, 0.1) is 0 Å². The van der Waals surface area contributed by atoms with Crippen LogP contribution in [0.15, 0.2) is 48.5 Å². The third-order valence-electron chi connectivity index (χ3n) is 5.86. The number of nitrogens with one attached hydrogen (secondary N) is 1. The Morgan fingerprint density at radius 2 is 1.69 bits per heavy atom. The van der Waals surface area contributed by atoms with Gasteiger partial charge >= 0.3 is 0 Å². The second kappa shape index (κ2) is 11.5. The lowest BCUT2D eigenvalue weighted by Gasteiger charge is -2.30. The Kier molecular flexibility index (Phi) is 9.33. The van der Waals surface area contributed by atoms with Gasteiger partial charge in [-0.25, -0.2) is 0 Å². The fourth-order valence-electron chi connectivity index (χ4n) is 3.45. The summed E-state index contributed by atoms with van der Waals surface area (Å²) >= 11 is 6.14. The third-order valence-corrected chi connectivity index (χ3v) is 6.09. The van der Waals surface area contributed by atoms with E-state index in [1.54, 1.807) is 17.9 Å². The number of rotatable bonds is 9. The molecule has 5 heteroatoms. The highest BCUT2D eigenvalue weighted by molar-refractivity contribution is 6.30. The van der Waals surface area contributed by atoms with E-state index in [0.29, 0.717) is 24.4 Å². The van der Waals surface area contributed by atoms with E-state index in [1.807, 2.05) is 32.0 Å². The molecule has 0 saturated heterocycles. The third kappa shape index (κ3) is 7.67. The van der Waals surface area contributed by atoms with Gasteiger partial charge in [0.15, 0.2) is 0 Å². The van der Waals surface area contributed by atoms with Crippen molar-refractivity contribution in [1.82, 2.24) is 10.2 Å². The maximum Gasteiger partial charge on any atom is 0.242 e. The summed E-state index contributed by atoms with van der Waals surface area (Å²) in [6.45, 7) is 12.7. The first kappa shape index (κ1) is 25.9. The van der Waals surface area contributed by atoms with Gasteiger partial charge < -0.3 is 10.2 Å². The molecular formula is C27H37ClN2O2. The first-order valence-corrected chi connectivity index (χ1v) is 11.8. The van der Waals surface area contributed by atoms with Crippen LogP contribution in [0.5, 0.6) is 0 Å². The summed E-state index contributed by atoms with van der Waals surface area (Å²) in [5.74, 6) is -0.180. The summed E-state index contributed by atoms with van der Waals surface area (Å²) in [4.78, 5) is 27.7. The Hall–Kier alpha value is -2.33. The minimum absolute atomic E-state index is 0.0447. The Morgan fingerprint density at radius 1 is 1.03 bits per heavy atom. The topological polar surface area (TPSA) is 49.4 Å². The molecule has 0 unspecified atom stereocenters. The monoisotopic (exact) mass is 456 g/mol. The molecule has 2 amide bonds. The highest BCUT2D eigenvalue weighted by Gasteiger charge is 2.26. The smallest absolute Gasteiger partial charge is 0.242 e. The average molecular weight is 457 g/mol. The summed E-state index contributed by atoms with van der Waals surface area (Å²) in [6, 6.07) is 15.4. The first-order chi connectivity index (χ1) is 15.0. The van der Waals surface area contributed by atoms with Crippen LogP contribution in [0.1, 0.15) is 71.1 Å². The van der Waals surface area contributed by atoms with Crippen LogP contribution in [0, 0.1) is 0 Å². The quantitative estimate of drug-likeness (QED) is 0.510. The molecular weight excluding hydrogens is 420 g/mol. The molecule has 0 aromatic heterocycles. The van der Waals surface area contributed by atoms with Gasteiger partial charge in [0.2, 0.25) is 11.8 Å². The van der Waals surface area contributed by atoms with Gasteiger partial charge in [-0.15, -0.1) is 0 Å². The number of carbonyl (C=O) groups excluding carboxylic acids is 2. The largest absolute Gasteiger partial charge is 0.352 e. The minimum atomic E-state index is -0.571. The van der Waals surface area contributed by atoms with Crippen molar-refractivity contribution < 1.29 is 9.59 Å². The van der Waals surface area contributed by atoms with Gasteiger partial charge in [-0.3, -0.25) is 9.59 Å². The van der Waals surface area contributed by atoms with Crippen molar-refractivity contribution in [3.05, 3.63) is 70.2 Å². The SMILES string of the molecule is CC[C@@H](C)NC(=O)[C@@H](C)N(Cc1cccc(Cl)c1)C(=O)CCc1ccc(C(C)(C)C)cc1. The van der Waals surface area contributed by atoms with E-state index in [0.717, 1.165) is 17.5 Å². The molecule has 2 atom stereocenters. The van der Waals surface area contributed by atoms with Crippen molar-refractivity contribution in [2.45, 2.75) is 84.8 Å². The van der Waals surface area contributed by atoms with Crippen LogP contribution in [0.2, 0.25) is 5.02 Å². The second-order valence-electron chi connectivity index (χ2n) is 9.59. The van der Waals surface area contributed by atoms with Crippen LogP contribution in [-0.4, -0.2) is 28.8 Å². The number of halogens is 1. The predicted molar refractivity (Wildman–Crippen MR) is 133 cm³/mol. The van der Waals surface area contributed by atoms with Gasteiger partial charge in [0.1, 0.15) is 6.04 Å². The number of nitrogens with zero attached hydrogens (tertiary/aromatic N) is 1. The van der Waals surface area contributed by atoms with Crippen molar-refractivity contribution in [3.63, 3.8) is 0 Å². The molecule has 0 radical (unpaired) electrons. The van der Waals surface area contributed by atoms with E-state index in [-0.39, 0.29) is 23.3 Å². The summed E-state index contributed by atoms with van der Waals surface area (Å²) in [6.07, 6.45) is 1.82. The van der Waals surface area contributed by atoms with Crippen molar-refractivity contribution >= 4 is 23.4 Å². The molecule has 0 saturated carbocycles. The lowest BCUT2D eigenvalue weighted by atomic mass is 9.86. The van der Waals surface area contributed by atoms with E-state index in [4.69, 9.17) is 11.6 Å². The van der Waals surface area contributed by atoms with Crippen LogP contribution in [-0.2, 0) is 28.0 Å². The van der Waals surface area contributed by atoms with E-state index in [1.165, 1.54) is 5.56 Å². The fraction of sp³-hybridized carbons (Fsp3) is 0.481. The number of carbonyl (C=O) groups is 2. The second-order valence-corrected chi connectivity index (χ2v) is 10.0. The first-order valence-electron chi connectivity index (χ1n) is 11.4. The molecule has 0 aliphatic rings. The van der Waals surface area contributed by atoms with Crippen molar-refractivity contribution in [1.29, 1.82) is 0 Å².